The molecule has 1 aromatic rings. The summed E-state index contributed by atoms with van der Waals surface area (Å²) in [5.41, 5.74) is 0. The second-order valence-corrected chi connectivity index (χ2v) is 7.23. The molecule has 2 heterocycles. The average molecular weight is 448 g/mol. The molecule has 31 heavy (non-hydrogen) atoms. The van der Waals surface area contributed by atoms with Gasteiger partial charge in [0.2, 0.25) is 6.29 Å². The van der Waals surface area contributed by atoms with Crippen molar-refractivity contribution in [2.75, 3.05) is 27.4 Å². The van der Waals surface area contributed by atoms with Gasteiger partial charge in [-0.05, 0) is 12.1 Å². The summed E-state index contributed by atoms with van der Waals surface area (Å²) in [5.74, 6) is 1.07. The molecule has 0 spiro atoms. The molecule has 3 rings (SSSR count). The summed E-state index contributed by atoms with van der Waals surface area (Å²) in [4.78, 5) is 0. The van der Waals surface area contributed by atoms with E-state index in [2.05, 4.69) is 0 Å². The Balaban J connectivity index is 1.65. The third-order valence-corrected chi connectivity index (χ3v) is 5.15. The Morgan fingerprint density at radius 1 is 0.839 bits per heavy atom. The van der Waals surface area contributed by atoms with Gasteiger partial charge in [-0.15, -0.1) is 0 Å². The SMILES string of the molecule is COc1ccc(O[C@@H]2O[C@@H](CO[C@@H]3OC[C@@H](O)[C@@H](O)[C@H]3O)[C@@H](O)[C@@H](O)[C@H]2O)cc1OC. The van der Waals surface area contributed by atoms with Crippen LogP contribution in [0.15, 0.2) is 18.2 Å². The maximum absolute atomic E-state index is 10.3. The molecular weight excluding hydrogens is 420 g/mol. The highest BCUT2D eigenvalue weighted by atomic mass is 16.7. The van der Waals surface area contributed by atoms with Crippen LogP contribution in [0.25, 0.3) is 0 Å². The number of hydrogen-bond donors (Lipinski definition) is 6. The van der Waals surface area contributed by atoms with Crippen molar-refractivity contribution in [2.24, 2.45) is 0 Å². The van der Waals surface area contributed by atoms with Gasteiger partial charge in [-0.25, -0.2) is 0 Å². The summed E-state index contributed by atoms with van der Waals surface area (Å²) in [6, 6.07) is 4.62. The lowest BCUT2D eigenvalue weighted by Gasteiger charge is -2.41. The molecule has 12 heteroatoms. The Hall–Kier alpha value is -1.74. The van der Waals surface area contributed by atoms with E-state index in [9.17, 15) is 30.6 Å². The van der Waals surface area contributed by atoms with Crippen molar-refractivity contribution in [3.8, 4) is 17.2 Å². The average Bonchev–Trinajstić information content (AvgIpc) is 2.78. The monoisotopic (exact) mass is 448 g/mol. The van der Waals surface area contributed by atoms with Gasteiger partial charge in [0.05, 0.1) is 27.4 Å². The van der Waals surface area contributed by atoms with Gasteiger partial charge in [0, 0.05) is 6.07 Å². The molecule has 2 saturated heterocycles. The topological polar surface area (TPSA) is 177 Å². The Bertz CT molecular complexity index is 717. The molecule has 2 aliphatic heterocycles. The van der Waals surface area contributed by atoms with Crippen LogP contribution in [0.5, 0.6) is 17.2 Å². The molecule has 2 aliphatic rings. The maximum atomic E-state index is 10.3. The summed E-state index contributed by atoms with van der Waals surface area (Å²) in [5, 5.41) is 59.8. The standard InChI is InChI=1S/C19H28O12/c1-26-10-4-3-8(5-11(10)27-2)30-19-17(25)15(23)14(22)12(31-19)7-29-18-16(24)13(21)9(20)6-28-18/h3-5,9,12-25H,6-7H2,1-2H3/t9-,12+,13-,14-,15-,16-,17-,18+,19-/m1/s1. The summed E-state index contributed by atoms with van der Waals surface area (Å²) in [6.45, 7) is -0.634. The highest BCUT2D eigenvalue weighted by Crippen LogP contribution is 2.33. The van der Waals surface area contributed by atoms with E-state index in [1.54, 1.807) is 12.1 Å². The van der Waals surface area contributed by atoms with Gasteiger partial charge in [-0.3, -0.25) is 0 Å². The van der Waals surface area contributed by atoms with Crippen molar-refractivity contribution in [2.45, 2.75) is 55.3 Å². The molecule has 0 unspecified atom stereocenters. The largest absolute Gasteiger partial charge is 0.493 e. The van der Waals surface area contributed by atoms with Crippen LogP contribution in [0.4, 0.5) is 0 Å². The van der Waals surface area contributed by atoms with Gasteiger partial charge < -0.3 is 59.1 Å². The van der Waals surface area contributed by atoms with Gasteiger partial charge in [0.25, 0.3) is 0 Å². The number of ether oxygens (including phenoxy) is 6. The van der Waals surface area contributed by atoms with Crippen LogP contribution in [0, 0.1) is 0 Å². The van der Waals surface area contributed by atoms with E-state index in [-0.39, 0.29) is 19.0 Å². The molecule has 2 fully saturated rings. The molecule has 0 saturated carbocycles. The van der Waals surface area contributed by atoms with Crippen molar-refractivity contribution in [3.63, 3.8) is 0 Å². The number of benzene rings is 1. The Kier molecular flexibility index (Phi) is 7.91. The van der Waals surface area contributed by atoms with Crippen LogP contribution in [0.2, 0.25) is 0 Å². The minimum Gasteiger partial charge on any atom is -0.493 e. The summed E-state index contributed by atoms with van der Waals surface area (Å²) in [6.07, 6.45) is -12.8. The molecule has 0 bridgehead atoms. The van der Waals surface area contributed by atoms with Crippen LogP contribution in [0.3, 0.4) is 0 Å². The zero-order chi connectivity index (χ0) is 22.7. The van der Waals surface area contributed by atoms with Crippen LogP contribution in [-0.4, -0.2) is 113 Å². The smallest absolute Gasteiger partial charge is 0.229 e. The van der Waals surface area contributed by atoms with Gasteiger partial charge in [-0.1, -0.05) is 0 Å². The molecule has 0 amide bonds. The molecule has 0 radical (unpaired) electrons. The van der Waals surface area contributed by atoms with Crippen molar-refractivity contribution in [3.05, 3.63) is 18.2 Å². The van der Waals surface area contributed by atoms with Gasteiger partial charge >= 0.3 is 0 Å². The third kappa shape index (κ3) is 5.19. The highest BCUT2D eigenvalue weighted by Gasteiger charge is 2.46. The lowest BCUT2D eigenvalue weighted by Crippen LogP contribution is -2.61. The Morgan fingerprint density at radius 2 is 1.52 bits per heavy atom. The number of aliphatic hydroxyl groups excluding tert-OH is 6. The first-order chi connectivity index (χ1) is 14.8. The van der Waals surface area contributed by atoms with Crippen LogP contribution in [-0.2, 0) is 14.2 Å². The van der Waals surface area contributed by atoms with Crippen molar-refractivity contribution in [1.82, 2.24) is 0 Å². The second kappa shape index (κ2) is 10.3. The van der Waals surface area contributed by atoms with E-state index in [0.717, 1.165) is 0 Å². The summed E-state index contributed by atoms with van der Waals surface area (Å²) in [7, 11) is 2.92. The van der Waals surface area contributed by atoms with E-state index >= 15 is 0 Å². The van der Waals surface area contributed by atoms with Crippen LogP contribution >= 0.6 is 0 Å². The normalized spacial score (nSPS) is 38.5. The first-order valence-corrected chi connectivity index (χ1v) is 9.62. The quantitative estimate of drug-likeness (QED) is 0.256. The molecule has 1 aromatic carbocycles. The third-order valence-electron chi connectivity index (χ3n) is 5.15. The zero-order valence-electron chi connectivity index (χ0n) is 17.0. The molecular formula is C19H28O12. The lowest BCUT2D eigenvalue weighted by atomic mass is 9.99. The molecule has 12 nitrogen and oxygen atoms in total. The fourth-order valence-electron chi connectivity index (χ4n) is 3.29. The minimum absolute atomic E-state index is 0.244. The van der Waals surface area contributed by atoms with E-state index in [1.807, 2.05) is 0 Å². The van der Waals surface area contributed by atoms with Gasteiger partial charge in [-0.2, -0.15) is 0 Å². The molecule has 9 atom stereocenters. The van der Waals surface area contributed by atoms with Crippen molar-refractivity contribution >= 4 is 0 Å². The Labute approximate surface area is 178 Å². The number of hydrogen-bond acceptors (Lipinski definition) is 12. The van der Waals surface area contributed by atoms with E-state index < -0.39 is 55.3 Å². The van der Waals surface area contributed by atoms with Crippen LogP contribution in [0.1, 0.15) is 0 Å². The van der Waals surface area contributed by atoms with E-state index in [1.165, 1.54) is 20.3 Å². The zero-order valence-corrected chi connectivity index (χ0v) is 17.0. The Morgan fingerprint density at radius 3 is 2.19 bits per heavy atom. The van der Waals surface area contributed by atoms with Crippen molar-refractivity contribution < 1.29 is 59.1 Å². The number of aliphatic hydroxyl groups is 6. The number of rotatable bonds is 7. The van der Waals surface area contributed by atoms with E-state index in [4.69, 9.17) is 28.4 Å². The maximum Gasteiger partial charge on any atom is 0.229 e. The molecule has 0 aliphatic carbocycles. The van der Waals surface area contributed by atoms with Gasteiger partial charge in [0.1, 0.15) is 48.5 Å². The fourth-order valence-corrected chi connectivity index (χ4v) is 3.29. The van der Waals surface area contributed by atoms with Gasteiger partial charge in [0.15, 0.2) is 17.8 Å². The summed E-state index contributed by atoms with van der Waals surface area (Å²) < 4.78 is 32.0. The lowest BCUT2D eigenvalue weighted by molar-refractivity contribution is -0.307. The van der Waals surface area contributed by atoms with E-state index in [0.29, 0.717) is 11.5 Å². The molecule has 176 valence electrons. The van der Waals surface area contributed by atoms with Crippen molar-refractivity contribution in [1.29, 1.82) is 0 Å². The second-order valence-electron chi connectivity index (χ2n) is 7.23. The fraction of sp³-hybridized carbons (Fsp3) is 0.684. The molecule has 0 aromatic heterocycles. The first-order valence-electron chi connectivity index (χ1n) is 9.62. The summed E-state index contributed by atoms with van der Waals surface area (Å²) >= 11 is 0. The van der Waals surface area contributed by atoms with Crippen LogP contribution < -0.4 is 14.2 Å². The number of methoxy groups -OCH3 is 2. The predicted octanol–water partition coefficient (Wildman–Crippen LogP) is -2.65. The highest BCUT2D eigenvalue weighted by molar-refractivity contribution is 5.45. The minimum atomic E-state index is -1.61. The predicted molar refractivity (Wildman–Crippen MR) is 101 cm³/mol. The molecule has 6 N–H and O–H groups in total. The first kappa shape index (κ1) is 23.9.